The van der Waals surface area contributed by atoms with Crippen LogP contribution >= 0.6 is 0 Å². The van der Waals surface area contributed by atoms with Crippen molar-refractivity contribution in [3.05, 3.63) is 34.1 Å². The van der Waals surface area contributed by atoms with Crippen LogP contribution in [0.2, 0.25) is 0 Å². The Morgan fingerprint density at radius 3 is 2.89 bits per heavy atom. The highest BCUT2D eigenvalue weighted by Gasteiger charge is 2.19. The first-order valence-corrected chi connectivity index (χ1v) is 4.89. The van der Waals surface area contributed by atoms with Gasteiger partial charge in [0.25, 0.3) is 5.69 Å². The molecule has 0 radical (unpaired) electrons. The summed E-state index contributed by atoms with van der Waals surface area (Å²) in [6.07, 6.45) is 4.99. The summed E-state index contributed by atoms with van der Waals surface area (Å²) in [6, 6.07) is 1.82. The Kier molecular flexibility index (Phi) is 4.34. The number of carbonyl (C=O) groups excluding carboxylic acids is 1. The molecule has 3 N–H and O–H groups in total. The topological polar surface area (TPSA) is 98.3 Å². The van der Waals surface area contributed by atoms with E-state index >= 15 is 0 Å². The number of hydrogen-bond donors (Lipinski definition) is 2. The van der Waals surface area contributed by atoms with Crippen molar-refractivity contribution in [2.45, 2.75) is 12.5 Å². The molecule has 0 aliphatic heterocycles. The van der Waals surface area contributed by atoms with Crippen LogP contribution in [0.1, 0.15) is 6.42 Å². The molecule has 94 valence electrons. The number of nitrogens with two attached hydrogens (primary N) is 1. The highest BCUT2D eigenvalue weighted by atomic mass is 19.1. The SMILES string of the molecule is C#CCC(N)C(=O)Nc1ccc(F)cc1[N+](=O)[O-]. The van der Waals surface area contributed by atoms with E-state index in [1.165, 1.54) is 0 Å². The standard InChI is InChI=1S/C11H10FN3O3/c1-2-3-8(13)11(16)14-9-5-4-7(12)6-10(9)15(17)18/h1,4-6,8H,3,13H2,(H,14,16). The Morgan fingerprint density at radius 2 is 2.33 bits per heavy atom. The van der Waals surface area contributed by atoms with E-state index in [1.54, 1.807) is 0 Å². The molecule has 0 heterocycles. The van der Waals surface area contributed by atoms with Crippen LogP contribution in [0.3, 0.4) is 0 Å². The van der Waals surface area contributed by atoms with Gasteiger partial charge in [-0.3, -0.25) is 14.9 Å². The van der Waals surface area contributed by atoms with Crippen LogP contribution in [0.4, 0.5) is 15.8 Å². The molecule has 0 spiro atoms. The highest BCUT2D eigenvalue weighted by Crippen LogP contribution is 2.25. The maximum atomic E-state index is 12.9. The number of nitro groups is 1. The zero-order valence-corrected chi connectivity index (χ0v) is 9.22. The van der Waals surface area contributed by atoms with Crippen LogP contribution in [-0.4, -0.2) is 16.9 Å². The van der Waals surface area contributed by atoms with Crippen LogP contribution in [0, 0.1) is 28.3 Å². The van der Waals surface area contributed by atoms with E-state index in [0.29, 0.717) is 6.07 Å². The molecule has 7 heteroatoms. The lowest BCUT2D eigenvalue weighted by Crippen LogP contribution is -2.35. The van der Waals surface area contributed by atoms with E-state index < -0.39 is 28.4 Å². The zero-order chi connectivity index (χ0) is 13.7. The van der Waals surface area contributed by atoms with Crippen LogP contribution in [0.15, 0.2) is 18.2 Å². The summed E-state index contributed by atoms with van der Waals surface area (Å²) in [5, 5.41) is 12.9. The van der Waals surface area contributed by atoms with Gasteiger partial charge in [0.05, 0.1) is 17.0 Å². The van der Waals surface area contributed by atoms with Gasteiger partial charge in [-0.05, 0) is 12.1 Å². The van der Waals surface area contributed by atoms with Gasteiger partial charge >= 0.3 is 0 Å². The van der Waals surface area contributed by atoms with Gasteiger partial charge in [0.15, 0.2) is 0 Å². The van der Waals surface area contributed by atoms with Crippen LogP contribution in [-0.2, 0) is 4.79 Å². The van der Waals surface area contributed by atoms with Gasteiger partial charge in [0.2, 0.25) is 5.91 Å². The zero-order valence-electron chi connectivity index (χ0n) is 9.22. The lowest BCUT2D eigenvalue weighted by molar-refractivity contribution is -0.384. The first-order valence-electron chi connectivity index (χ1n) is 4.89. The molecule has 1 rings (SSSR count). The molecular formula is C11H10FN3O3. The summed E-state index contributed by atoms with van der Waals surface area (Å²) in [7, 11) is 0. The number of nitro benzene ring substituents is 1. The van der Waals surface area contributed by atoms with Crippen LogP contribution < -0.4 is 11.1 Å². The number of hydrogen-bond acceptors (Lipinski definition) is 4. The van der Waals surface area contributed by atoms with Crippen molar-refractivity contribution in [3.8, 4) is 12.3 Å². The van der Waals surface area contributed by atoms with Crippen LogP contribution in [0.25, 0.3) is 0 Å². The van der Waals surface area contributed by atoms with Crippen molar-refractivity contribution in [3.63, 3.8) is 0 Å². The third-order valence-electron chi connectivity index (χ3n) is 2.09. The van der Waals surface area contributed by atoms with Crippen molar-refractivity contribution < 1.29 is 14.1 Å². The Labute approximate surface area is 102 Å². The van der Waals surface area contributed by atoms with E-state index in [4.69, 9.17) is 12.2 Å². The maximum absolute atomic E-state index is 12.9. The minimum absolute atomic E-state index is 0.000819. The molecule has 1 amide bonds. The number of carbonyl (C=O) groups is 1. The number of halogens is 1. The number of anilines is 1. The Balaban J connectivity index is 2.95. The largest absolute Gasteiger partial charge is 0.319 e. The minimum atomic E-state index is -0.973. The molecule has 6 nitrogen and oxygen atoms in total. The molecule has 0 saturated heterocycles. The van der Waals surface area contributed by atoms with Crippen LogP contribution in [0.5, 0.6) is 0 Å². The van der Waals surface area contributed by atoms with E-state index in [-0.39, 0.29) is 12.1 Å². The lowest BCUT2D eigenvalue weighted by Gasteiger charge is -2.09. The first-order chi connectivity index (χ1) is 8.45. The molecule has 18 heavy (non-hydrogen) atoms. The van der Waals surface area contributed by atoms with E-state index in [0.717, 1.165) is 12.1 Å². The molecule has 0 aliphatic rings. The molecule has 1 aromatic carbocycles. The van der Waals surface area contributed by atoms with Crippen molar-refractivity contribution >= 4 is 17.3 Å². The fourth-order valence-electron chi connectivity index (χ4n) is 1.21. The van der Waals surface area contributed by atoms with Crippen molar-refractivity contribution in [1.29, 1.82) is 0 Å². The van der Waals surface area contributed by atoms with Gasteiger partial charge in [-0.2, -0.15) is 0 Å². The summed E-state index contributed by atoms with van der Waals surface area (Å²) < 4.78 is 12.9. The minimum Gasteiger partial charge on any atom is -0.319 e. The second-order valence-corrected chi connectivity index (χ2v) is 3.42. The second-order valence-electron chi connectivity index (χ2n) is 3.42. The molecule has 1 atom stereocenters. The highest BCUT2D eigenvalue weighted by molar-refractivity contribution is 5.96. The van der Waals surface area contributed by atoms with Crippen molar-refractivity contribution in [1.82, 2.24) is 0 Å². The molecule has 1 aromatic rings. The molecule has 0 fully saturated rings. The Hall–Kier alpha value is -2.46. The molecular weight excluding hydrogens is 241 g/mol. The number of rotatable bonds is 4. The van der Waals surface area contributed by atoms with Gasteiger partial charge in [-0.15, -0.1) is 12.3 Å². The third-order valence-corrected chi connectivity index (χ3v) is 2.09. The predicted octanol–water partition coefficient (Wildman–Crippen LogP) is 1.02. The number of terminal acetylenes is 1. The quantitative estimate of drug-likeness (QED) is 0.474. The van der Waals surface area contributed by atoms with Gasteiger partial charge in [-0.1, -0.05) is 0 Å². The number of nitrogens with one attached hydrogen (secondary N) is 1. The fourth-order valence-corrected chi connectivity index (χ4v) is 1.21. The Bertz CT molecular complexity index is 525. The van der Waals surface area contributed by atoms with Gasteiger partial charge < -0.3 is 11.1 Å². The summed E-state index contributed by atoms with van der Waals surface area (Å²) in [4.78, 5) is 21.4. The average Bonchev–Trinajstić information content (AvgIpc) is 2.31. The number of benzene rings is 1. The maximum Gasteiger partial charge on any atom is 0.295 e. The summed E-state index contributed by atoms with van der Waals surface area (Å²) in [6.45, 7) is 0. The normalized spacial score (nSPS) is 11.4. The molecule has 1 unspecified atom stereocenters. The summed E-state index contributed by atoms with van der Waals surface area (Å²) in [5.41, 5.74) is 4.76. The third kappa shape index (κ3) is 3.26. The lowest BCUT2D eigenvalue weighted by atomic mass is 10.2. The van der Waals surface area contributed by atoms with Crippen molar-refractivity contribution in [2.24, 2.45) is 5.73 Å². The smallest absolute Gasteiger partial charge is 0.295 e. The number of nitrogens with zero attached hydrogens (tertiary/aromatic N) is 1. The second kappa shape index (κ2) is 5.75. The van der Waals surface area contributed by atoms with E-state index in [2.05, 4.69) is 11.2 Å². The monoisotopic (exact) mass is 251 g/mol. The number of amides is 1. The molecule has 0 saturated carbocycles. The molecule has 0 aromatic heterocycles. The first kappa shape index (κ1) is 13.6. The van der Waals surface area contributed by atoms with Crippen molar-refractivity contribution in [2.75, 3.05) is 5.32 Å². The van der Waals surface area contributed by atoms with Gasteiger partial charge in [0.1, 0.15) is 11.5 Å². The summed E-state index contributed by atoms with van der Waals surface area (Å²) in [5.74, 6) is 0.766. The fraction of sp³-hybridized carbons (Fsp3) is 0.182. The average molecular weight is 251 g/mol. The van der Waals surface area contributed by atoms with Gasteiger partial charge in [0, 0.05) is 6.42 Å². The van der Waals surface area contributed by atoms with E-state index in [9.17, 15) is 19.3 Å². The predicted molar refractivity (Wildman–Crippen MR) is 63.1 cm³/mol. The van der Waals surface area contributed by atoms with E-state index in [1.807, 2.05) is 0 Å². The summed E-state index contributed by atoms with van der Waals surface area (Å²) >= 11 is 0. The molecule has 0 bridgehead atoms. The van der Waals surface area contributed by atoms with Gasteiger partial charge in [-0.25, -0.2) is 4.39 Å². The molecule has 0 aliphatic carbocycles. The Morgan fingerprint density at radius 1 is 1.67 bits per heavy atom.